The van der Waals surface area contributed by atoms with E-state index < -0.39 is 33.7 Å². The van der Waals surface area contributed by atoms with Crippen LogP contribution < -0.4 is 4.74 Å². The number of rotatable bonds is 4. The molecule has 1 heterocycles. The maximum Gasteiger partial charge on any atom is 0.264 e. The normalized spacial score (nSPS) is 21.3. The molecule has 0 bridgehead atoms. The lowest BCUT2D eigenvalue weighted by atomic mass is 10.0. The van der Waals surface area contributed by atoms with Crippen molar-refractivity contribution in [2.24, 2.45) is 0 Å². The number of aliphatic hydroxyl groups excluding tert-OH is 1. The van der Waals surface area contributed by atoms with Crippen molar-refractivity contribution in [2.75, 3.05) is 0 Å². The highest BCUT2D eigenvalue weighted by molar-refractivity contribution is 7.89. The van der Waals surface area contributed by atoms with Gasteiger partial charge in [0.2, 0.25) is 0 Å². The summed E-state index contributed by atoms with van der Waals surface area (Å²) < 4.78 is 62.2. The molecule has 1 aliphatic heterocycles. The van der Waals surface area contributed by atoms with E-state index in [9.17, 15) is 22.3 Å². The minimum absolute atomic E-state index is 0.00129. The second kappa shape index (κ2) is 7.73. The fourth-order valence-electron chi connectivity index (χ4n) is 3.96. The Kier molecular flexibility index (Phi) is 5.31. The van der Waals surface area contributed by atoms with Gasteiger partial charge < -0.3 is 9.84 Å². The standard InChI is InChI=1S/C23H20F2N2O4S/c1-23(2)7-3-4-8-27(23)32(29,30)20-6-5-19(17-12-18(25)22(28)21(17)20)31-16-10-14(13-26)9-15(24)11-16/h3-11,18,22,28H,12H2,1-2H3/t18-,22+/m0/s1. The molecule has 32 heavy (non-hydrogen) atoms. The average Bonchev–Trinajstić information content (AvgIpc) is 3.02. The number of nitriles is 1. The molecule has 0 fully saturated rings. The van der Waals surface area contributed by atoms with Crippen LogP contribution in [0.3, 0.4) is 0 Å². The van der Waals surface area contributed by atoms with Gasteiger partial charge in [0.25, 0.3) is 10.0 Å². The predicted molar refractivity (Wildman–Crippen MR) is 113 cm³/mol. The molecular formula is C23H20F2N2O4S. The van der Waals surface area contributed by atoms with Gasteiger partial charge in [0.1, 0.15) is 29.6 Å². The van der Waals surface area contributed by atoms with Crippen LogP contribution in [0.5, 0.6) is 11.5 Å². The highest BCUT2D eigenvalue weighted by Gasteiger charge is 2.42. The maximum atomic E-state index is 14.5. The Bertz CT molecular complexity index is 1300. The van der Waals surface area contributed by atoms with Crippen LogP contribution in [0.15, 0.2) is 59.7 Å². The zero-order chi connectivity index (χ0) is 23.3. The number of ether oxygens (including phenoxy) is 1. The van der Waals surface area contributed by atoms with Gasteiger partial charge in [-0.15, -0.1) is 0 Å². The fourth-order valence-corrected chi connectivity index (χ4v) is 5.84. The van der Waals surface area contributed by atoms with Crippen LogP contribution in [-0.2, 0) is 16.4 Å². The summed E-state index contributed by atoms with van der Waals surface area (Å²) >= 11 is 0. The van der Waals surface area contributed by atoms with Gasteiger partial charge in [-0.25, -0.2) is 17.2 Å². The van der Waals surface area contributed by atoms with Crippen LogP contribution >= 0.6 is 0 Å². The molecule has 6 nitrogen and oxygen atoms in total. The molecule has 0 spiro atoms. The van der Waals surface area contributed by atoms with Gasteiger partial charge in [-0.2, -0.15) is 5.26 Å². The average molecular weight is 458 g/mol. The molecule has 2 aromatic rings. The first-order valence-corrected chi connectivity index (χ1v) is 11.3. The van der Waals surface area contributed by atoms with E-state index in [2.05, 4.69) is 0 Å². The zero-order valence-corrected chi connectivity index (χ0v) is 18.1. The third-order valence-electron chi connectivity index (χ3n) is 5.48. The second-order valence-corrected chi connectivity index (χ2v) is 9.95. The van der Waals surface area contributed by atoms with E-state index in [4.69, 9.17) is 10.00 Å². The van der Waals surface area contributed by atoms with Gasteiger partial charge >= 0.3 is 0 Å². The first kappa shape index (κ1) is 22.0. The molecule has 0 amide bonds. The molecule has 2 aromatic carbocycles. The molecule has 2 aliphatic rings. The van der Waals surface area contributed by atoms with Gasteiger partial charge in [-0.3, -0.25) is 4.31 Å². The first-order valence-electron chi connectivity index (χ1n) is 9.81. The summed E-state index contributed by atoms with van der Waals surface area (Å²) in [5.41, 5.74) is -0.732. The van der Waals surface area contributed by atoms with Gasteiger partial charge in [0, 0.05) is 29.8 Å². The molecule has 166 valence electrons. The van der Waals surface area contributed by atoms with Crippen LogP contribution in [0.4, 0.5) is 8.78 Å². The molecule has 1 N–H and O–H groups in total. The summed E-state index contributed by atoms with van der Waals surface area (Å²) in [6.45, 7) is 3.43. The molecule has 0 unspecified atom stereocenters. The van der Waals surface area contributed by atoms with E-state index in [0.717, 1.165) is 16.4 Å². The Hall–Kier alpha value is -3.22. The monoisotopic (exact) mass is 458 g/mol. The summed E-state index contributed by atoms with van der Waals surface area (Å²) in [6, 6.07) is 7.82. The Morgan fingerprint density at radius 2 is 2.00 bits per heavy atom. The Balaban J connectivity index is 1.82. The van der Waals surface area contributed by atoms with Gasteiger partial charge in [0.05, 0.1) is 22.1 Å². The van der Waals surface area contributed by atoms with Crippen molar-refractivity contribution in [1.29, 1.82) is 5.26 Å². The topological polar surface area (TPSA) is 90.6 Å². The summed E-state index contributed by atoms with van der Waals surface area (Å²) in [4.78, 5) is -0.225. The molecule has 9 heteroatoms. The largest absolute Gasteiger partial charge is 0.457 e. The number of alkyl halides is 1. The number of fused-ring (bicyclic) bond motifs is 1. The number of hydrogen-bond donors (Lipinski definition) is 1. The Morgan fingerprint density at radius 1 is 1.25 bits per heavy atom. The summed E-state index contributed by atoms with van der Waals surface area (Å²) in [5.74, 6) is -0.604. The molecule has 0 saturated carbocycles. The van der Waals surface area contributed by atoms with E-state index >= 15 is 0 Å². The van der Waals surface area contributed by atoms with Crippen LogP contribution in [-0.4, -0.2) is 29.5 Å². The van der Waals surface area contributed by atoms with Crippen LogP contribution in [0.25, 0.3) is 0 Å². The van der Waals surface area contributed by atoms with Crippen molar-refractivity contribution in [1.82, 2.24) is 4.31 Å². The Labute approximate surface area is 184 Å². The zero-order valence-electron chi connectivity index (χ0n) is 17.3. The Morgan fingerprint density at radius 3 is 2.69 bits per heavy atom. The molecule has 0 aromatic heterocycles. The SMILES string of the molecule is CC1(C)C=CC=CN1S(=O)(=O)c1ccc(Oc2cc(F)cc(C#N)c2)c2c1[C@H](O)[C@@H](F)C2. The number of allylic oxidation sites excluding steroid dienone is 2. The van der Waals surface area contributed by atoms with E-state index in [1.165, 1.54) is 24.4 Å². The van der Waals surface area contributed by atoms with E-state index in [1.807, 2.05) is 6.07 Å². The summed E-state index contributed by atoms with van der Waals surface area (Å²) in [5, 5.41) is 19.5. The minimum atomic E-state index is -4.15. The van der Waals surface area contributed by atoms with Gasteiger partial charge in [-0.1, -0.05) is 12.2 Å². The molecule has 4 rings (SSSR count). The minimum Gasteiger partial charge on any atom is -0.457 e. The summed E-state index contributed by atoms with van der Waals surface area (Å²) in [7, 11) is -4.15. The third kappa shape index (κ3) is 3.66. The van der Waals surface area contributed by atoms with Crippen molar-refractivity contribution < 1.29 is 27.0 Å². The number of nitrogens with zero attached hydrogens (tertiary/aromatic N) is 2. The maximum absolute atomic E-state index is 14.5. The van der Waals surface area contributed by atoms with Crippen molar-refractivity contribution in [2.45, 2.75) is 43.0 Å². The predicted octanol–water partition coefficient (Wildman–Crippen LogP) is 4.27. The number of benzene rings is 2. The molecule has 0 radical (unpaired) electrons. The number of halogens is 2. The van der Waals surface area contributed by atoms with Crippen LogP contribution in [0.2, 0.25) is 0 Å². The third-order valence-corrected chi connectivity index (χ3v) is 7.50. The molecule has 2 atom stereocenters. The lowest BCUT2D eigenvalue weighted by Crippen LogP contribution is -2.44. The smallest absolute Gasteiger partial charge is 0.264 e. The number of hydrogen-bond acceptors (Lipinski definition) is 5. The molecular weight excluding hydrogens is 438 g/mol. The van der Waals surface area contributed by atoms with Crippen LogP contribution in [0, 0.1) is 17.1 Å². The first-order chi connectivity index (χ1) is 15.0. The lowest BCUT2D eigenvalue weighted by Gasteiger charge is -2.36. The quantitative estimate of drug-likeness (QED) is 0.739. The number of sulfonamides is 1. The van der Waals surface area contributed by atoms with Crippen molar-refractivity contribution in [3.05, 3.63) is 77.3 Å². The number of aliphatic hydroxyl groups is 1. The highest BCUT2D eigenvalue weighted by atomic mass is 32.2. The second-order valence-electron chi connectivity index (χ2n) is 8.16. The lowest BCUT2D eigenvalue weighted by molar-refractivity contribution is 0.0906. The van der Waals surface area contributed by atoms with Crippen molar-refractivity contribution >= 4 is 10.0 Å². The van der Waals surface area contributed by atoms with Gasteiger partial charge in [-0.05, 0) is 44.2 Å². The van der Waals surface area contributed by atoms with E-state index in [-0.39, 0.29) is 39.5 Å². The molecule has 1 aliphatic carbocycles. The van der Waals surface area contributed by atoms with Crippen LogP contribution in [0.1, 0.15) is 36.6 Å². The van der Waals surface area contributed by atoms with E-state index in [0.29, 0.717) is 0 Å². The molecule has 0 saturated heterocycles. The van der Waals surface area contributed by atoms with Crippen molar-refractivity contribution in [3.63, 3.8) is 0 Å². The van der Waals surface area contributed by atoms with Crippen molar-refractivity contribution in [3.8, 4) is 17.6 Å². The van der Waals surface area contributed by atoms with E-state index in [1.54, 1.807) is 32.1 Å². The highest BCUT2D eigenvalue weighted by Crippen LogP contribution is 2.45. The fraction of sp³-hybridized carbons (Fsp3) is 0.261. The summed E-state index contributed by atoms with van der Waals surface area (Å²) in [6.07, 6.45) is 2.78. The van der Waals surface area contributed by atoms with Gasteiger partial charge in [0.15, 0.2) is 0 Å².